The molecule has 0 saturated heterocycles. The first-order chi connectivity index (χ1) is 13.8. The first-order valence-corrected chi connectivity index (χ1v) is 10.2. The lowest BCUT2D eigenvalue weighted by Crippen LogP contribution is -1.99. The molecule has 0 bridgehead atoms. The minimum Gasteiger partial charge on any atom is -0.328 e. The molecule has 0 atom stereocenters. The Kier molecular flexibility index (Phi) is 4.30. The maximum Gasteiger partial charge on any atom is 0.181 e. The van der Waals surface area contributed by atoms with Crippen molar-refractivity contribution < 1.29 is 0 Å². The molecule has 4 aromatic heterocycles. The van der Waals surface area contributed by atoms with Crippen molar-refractivity contribution in [2.45, 2.75) is 16.8 Å². The van der Waals surface area contributed by atoms with Crippen molar-refractivity contribution in [2.75, 3.05) is 5.32 Å². The third kappa shape index (κ3) is 3.25. The third-order valence-electron chi connectivity index (χ3n) is 4.10. The van der Waals surface area contributed by atoms with E-state index in [2.05, 4.69) is 37.0 Å². The average molecular weight is 406 g/mol. The van der Waals surface area contributed by atoms with E-state index in [9.17, 15) is 0 Å². The number of imidazole rings is 1. The number of aromatic nitrogens is 6. The first kappa shape index (κ1) is 17.0. The Hall–Kier alpha value is -3.17. The van der Waals surface area contributed by atoms with Crippen molar-refractivity contribution in [3.63, 3.8) is 0 Å². The number of benzene rings is 1. The summed E-state index contributed by atoms with van der Waals surface area (Å²) in [5.74, 6) is 0.694. The molecule has 1 aromatic carbocycles. The van der Waals surface area contributed by atoms with Gasteiger partial charge in [0.05, 0.1) is 23.8 Å². The van der Waals surface area contributed by atoms with Gasteiger partial charge in [0.2, 0.25) is 0 Å². The van der Waals surface area contributed by atoms with Crippen molar-refractivity contribution in [3.05, 3.63) is 66.9 Å². The van der Waals surface area contributed by atoms with Gasteiger partial charge < -0.3 is 5.32 Å². The Morgan fingerprint density at radius 1 is 1.18 bits per heavy atom. The van der Waals surface area contributed by atoms with Crippen LogP contribution in [0.15, 0.2) is 71.1 Å². The smallest absolute Gasteiger partial charge is 0.181 e. The van der Waals surface area contributed by atoms with Gasteiger partial charge in [-0.1, -0.05) is 30.0 Å². The van der Waals surface area contributed by atoms with Crippen LogP contribution in [0.5, 0.6) is 0 Å². The van der Waals surface area contributed by atoms with Gasteiger partial charge in [-0.25, -0.2) is 9.97 Å². The highest BCUT2D eigenvalue weighted by atomic mass is 32.2. The van der Waals surface area contributed by atoms with Crippen molar-refractivity contribution in [3.8, 4) is 11.3 Å². The highest BCUT2D eigenvalue weighted by Crippen LogP contribution is 2.32. The lowest BCUT2D eigenvalue weighted by atomic mass is 10.3. The number of hydrogen-bond donors (Lipinski definition) is 2. The normalized spacial score (nSPS) is 11.2. The maximum atomic E-state index is 4.82. The van der Waals surface area contributed by atoms with E-state index >= 15 is 0 Å². The number of H-pyrrole nitrogens is 1. The maximum absolute atomic E-state index is 4.82. The number of rotatable bonds is 5. The molecule has 0 spiro atoms. The average Bonchev–Trinajstić information content (AvgIpc) is 3.43. The summed E-state index contributed by atoms with van der Waals surface area (Å²) < 4.78 is 6.38. The fraction of sp³-hybridized carbons (Fsp3) is 0.0526. The van der Waals surface area contributed by atoms with E-state index < -0.39 is 0 Å². The summed E-state index contributed by atoms with van der Waals surface area (Å²) in [6.07, 6.45) is 7.48. The van der Waals surface area contributed by atoms with E-state index in [1.807, 2.05) is 54.2 Å². The minimum absolute atomic E-state index is 0.694. The molecule has 0 aliphatic rings. The zero-order chi connectivity index (χ0) is 18.9. The molecule has 5 aromatic rings. The van der Waals surface area contributed by atoms with Crippen LogP contribution in [0, 0.1) is 6.92 Å². The summed E-state index contributed by atoms with van der Waals surface area (Å²) in [5, 5.41) is 12.1. The number of fused-ring (bicyclic) bond motifs is 1. The van der Waals surface area contributed by atoms with Crippen LogP contribution < -0.4 is 5.32 Å². The van der Waals surface area contributed by atoms with Gasteiger partial charge in [-0.15, -0.1) is 0 Å². The van der Waals surface area contributed by atoms with Crippen LogP contribution in [0.4, 0.5) is 10.8 Å². The number of aryl methyl sites for hydroxylation is 1. The molecule has 0 radical (unpaired) electrons. The molecule has 0 amide bonds. The molecular weight excluding hydrogens is 390 g/mol. The van der Waals surface area contributed by atoms with Crippen LogP contribution in [0.2, 0.25) is 0 Å². The zero-order valence-electron chi connectivity index (χ0n) is 14.8. The van der Waals surface area contributed by atoms with Gasteiger partial charge >= 0.3 is 0 Å². The van der Waals surface area contributed by atoms with Crippen LogP contribution >= 0.6 is 23.3 Å². The van der Waals surface area contributed by atoms with E-state index in [0.29, 0.717) is 5.82 Å². The fourth-order valence-corrected chi connectivity index (χ4v) is 4.34. The largest absolute Gasteiger partial charge is 0.328 e. The lowest BCUT2D eigenvalue weighted by Gasteiger charge is -2.09. The van der Waals surface area contributed by atoms with Crippen LogP contribution in [-0.4, -0.2) is 28.9 Å². The lowest BCUT2D eigenvalue weighted by molar-refractivity contribution is 1.03. The van der Waals surface area contributed by atoms with Crippen molar-refractivity contribution in [2.24, 2.45) is 0 Å². The van der Waals surface area contributed by atoms with Crippen LogP contribution in [0.3, 0.4) is 0 Å². The number of hydrogen-bond acceptors (Lipinski definition) is 7. The number of anilines is 2. The summed E-state index contributed by atoms with van der Waals surface area (Å²) in [6, 6.07) is 12.2. The van der Waals surface area contributed by atoms with Gasteiger partial charge in [-0.2, -0.15) is 9.47 Å². The standard InChI is InChI=1S/C19H15N7S2/c1-12-7-16(28-25-12)23-18-19-20-10-15(13-8-21-22-9-13)26(19)11-17(24-18)27-14-5-3-2-4-6-14/h2-11H,1H3,(H,21,22)(H,23,24). The first-order valence-electron chi connectivity index (χ1n) is 8.57. The molecular formula is C19H15N7S2. The summed E-state index contributed by atoms with van der Waals surface area (Å²) in [7, 11) is 0. The molecule has 2 N–H and O–H groups in total. The molecule has 4 heterocycles. The van der Waals surface area contributed by atoms with Crippen molar-refractivity contribution in [1.82, 2.24) is 28.9 Å². The predicted octanol–water partition coefficient (Wildman–Crippen LogP) is 4.78. The molecule has 138 valence electrons. The van der Waals surface area contributed by atoms with Gasteiger partial charge in [-0.05, 0) is 36.7 Å². The predicted molar refractivity (Wildman–Crippen MR) is 111 cm³/mol. The topological polar surface area (TPSA) is 83.8 Å². The Morgan fingerprint density at radius 2 is 2.07 bits per heavy atom. The van der Waals surface area contributed by atoms with Crippen molar-refractivity contribution >= 4 is 39.8 Å². The zero-order valence-corrected chi connectivity index (χ0v) is 16.5. The van der Waals surface area contributed by atoms with E-state index in [1.165, 1.54) is 11.5 Å². The molecule has 9 heteroatoms. The highest BCUT2D eigenvalue weighted by Gasteiger charge is 2.15. The second-order valence-electron chi connectivity index (χ2n) is 6.12. The molecule has 0 fully saturated rings. The SMILES string of the molecule is Cc1cc(Nc2nc(Sc3ccccc3)cn3c(-c4cn[nH]c4)cnc23)sn1. The van der Waals surface area contributed by atoms with Gasteiger partial charge in [0, 0.05) is 22.9 Å². The number of nitrogens with zero attached hydrogens (tertiary/aromatic N) is 5. The van der Waals surface area contributed by atoms with E-state index in [1.54, 1.807) is 18.0 Å². The van der Waals surface area contributed by atoms with Crippen LogP contribution in [0.25, 0.3) is 16.9 Å². The molecule has 0 unspecified atom stereocenters. The Labute approximate surface area is 169 Å². The summed E-state index contributed by atoms with van der Waals surface area (Å²) in [6.45, 7) is 1.97. The Bertz CT molecular complexity index is 1230. The van der Waals surface area contributed by atoms with E-state index in [0.717, 1.165) is 37.5 Å². The second-order valence-corrected chi connectivity index (χ2v) is 8.02. The van der Waals surface area contributed by atoms with Crippen LogP contribution in [-0.2, 0) is 0 Å². The molecule has 28 heavy (non-hydrogen) atoms. The molecule has 5 rings (SSSR count). The Balaban J connectivity index is 1.63. The molecule has 0 aliphatic heterocycles. The fourth-order valence-electron chi connectivity index (χ4n) is 2.85. The summed E-state index contributed by atoms with van der Waals surface area (Å²) in [4.78, 5) is 10.5. The Morgan fingerprint density at radius 3 is 2.82 bits per heavy atom. The van der Waals surface area contributed by atoms with E-state index in [-0.39, 0.29) is 0 Å². The molecule has 0 saturated carbocycles. The third-order valence-corrected chi connectivity index (χ3v) is 5.81. The monoisotopic (exact) mass is 405 g/mol. The molecule has 7 nitrogen and oxygen atoms in total. The summed E-state index contributed by atoms with van der Waals surface area (Å²) >= 11 is 3.01. The quantitative estimate of drug-likeness (QED) is 0.438. The van der Waals surface area contributed by atoms with Gasteiger partial charge in [0.25, 0.3) is 0 Å². The number of nitrogens with one attached hydrogen (secondary N) is 2. The van der Waals surface area contributed by atoms with Crippen LogP contribution in [0.1, 0.15) is 5.69 Å². The van der Waals surface area contributed by atoms with Gasteiger partial charge in [-0.3, -0.25) is 9.50 Å². The summed E-state index contributed by atoms with van der Waals surface area (Å²) in [5.41, 5.74) is 3.64. The van der Waals surface area contributed by atoms with Gasteiger partial charge in [0.15, 0.2) is 11.5 Å². The van der Waals surface area contributed by atoms with E-state index in [4.69, 9.17) is 4.98 Å². The molecule has 0 aliphatic carbocycles. The number of aromatic amines is 1. The van der Waals surface area contributed by atoms with Crippen molar-refractivity contribution in [1.29, 1.82) is 0 Å². The van der Waals surface area contributed by atoms with Gasteiger partial charge in [0.1, 0.15) is 10.0 Å². The highest BCUT2D eigenvalue weighted by molar-refractivity contribution is 7.99. The second kappa shape index (κ2) is 7.10. The minimum atomic E-state index is 0.694.